The number of nitriles is 1. The van der Waals surface area contributed by atoms with Crippen molar-refractivity contribution in [3.05, 3.63) is 29.3 Å². The van der Waals surface area contributed by atoms with Crippen molar-refractivity contribution in [1.82, 2.24) is 0 Å². The van der Waals surface area contributed by atoms with E-state index in [0.29, 0.717) is 5.92 Å². The van der Waals surface area contributed by atoms with Gasteiger partial charge < -0.3 is 5.32 Å². The van der Waals surface area contributed by atoms with Gasteiger partial charge in [-0.2, -0.15) is 5.26 Å². The molecule has 0 aromatic heterocycles. The number of benzene rings is 1. The molecule has 0 spiro atoms. The van der Waals surface area contributed by atoms with E-state index in [0.717, 1.165) is 5.69 Å². The number of rotatable bonds is 3. The van der Waals surface area contributed by atoms with E-state index < -0.39 is 0 Å². The summed E-state index contributed by atoms with van der Waals surface area (Å²) in [5.41, 5.74) is 3.48. The van der Waals surface area contributed by atoms with Crippen molar-refractivity contribution in [3.8, 4) is 6.07 Å². The Kier molecular flexibility index (Phi) is 3.74. The minimum atomic E-state index is -0.119. The van der Waals surface area contributed by atoms with Gasteiger partial charge in [0.25, 0.3) is 0 Å². The van der Waals surface area contributed by atoms with Crippen molar-refractivity contribution in [2.45, 2.75) is 33.7 Å². The third-order valence-electron chi connectivity index (χ3n) is 2.35. The maximum Gasteiger partial charge on any atom is 0.116 e. The molecule has 0 fully saturated rings. The SMILES string of the molecule is Cc1cc(C)cc(NC(C#N)C(C)C)c1. The molecule has 0 saturated heterocycles. The van der Waals surface area contributed by atoms with Crippen molar-refractivity contribution in [1.29, 1.82) is 5.26 Å². The lowest BCUT2D eigenvalue weighted by molar-refractivity contribution is 0.609. The maximum atomic E-state index is 8.98. The highest BCUT2D eigenvalue weighted by Gasteiger charge is 2.11. The summed E-state index contributed by atoms with van der Waals surface area (Å²) in [4.78, 5) is 0. The molecule has 1 N–H and O–H groups in total. The number of hydrogen-bond donors (Lipinski definition) is 1. The van der Waals surface area contributed by atoms with Crippen LogP contribution in [0.2, 0.25) is 0 Å². The lowest BCUT2D eigenvalue weighted by Crippen LogP contribution is -2.23. The minimum absolute atomic E-state index is 0.119. The lowest BCUT2D eigenvalue weighted by Gasteiger charge is -2.17. The van der Waals surface area contributed by atoms with Gasteiger partial charge in [0.15, 0.2) is 0 Å². The zero-order valence-corrected chi connectivity index (χ0v) is 9.83. The Labute approximate surface area is 91.9 Å². The van der Waals surface area contributed by atoms with Gasteiger partial charge in [0.1, 0.15) is 6.04 Å². The second-order valence-electron chi connectivity index (χ2n) is 4.37. The molecule has 0 aliphatic carbocycles. The van der Waals surface area contributed by atoms with Crippen LogP contribution in [0.25, 0.3) is 0 Å². The summed E-state index contributed by atoms with van der Waals surface area (Å²) < 4.78 is 0. The first-order chi connectivity index (χ1) is 7.02. The Morgan fingerprint density at radius 3 is 2.07 bits per heavy atom. The molecule has 0 amide bonds. The highest BCUT2D eigenvalue weighted by atomic mass is 14.9. The van der Waals surface area contributed by atoms with Crippen molar-refractivity contribution in [3.63, 3.8) is 0 Å². The fraction of sp³-hybridized carbons (Fsp3) is 0.462. The molecule has 0 aliphatic rings. The molecule has 1 unspecified atom stereocenters. The number of nitrogens with zero attached hydrogens (tertiary/aromatic N) is 1. The van der Waals surface area contributed by atoms with Crippen LogP contribution in [-0.4, -0.2) is 6.04 Å². The molecule has 2 heteroatoms. The molecule has 80 valence electrons. The van der Waals surface area contributed by atoms with Gasteiger partial charge in [-0.15, -0.1) is 0 Å². The Hall–Kier alpha value is -1.49. The van der Waals surface area contributed by atoms with E-state index in [9.17, 15) is 0 Å². The summed E-state index contributed by atoms with van der Waals surface area (Å²) in [6.07, 6.45) is 0. The van der Waals surface area contributed by atoms with Crippen LogP contribution in [0.4, 0.5) is 5.69 Å². The summed E-state index contributed by atoms with van der Waals surface area (Å²) in [6.45, 7) is 8.22. The molecule has 0 radical (unpaired) electrons. The first-order valence-corrected chi connectivity index (χ1v) is 5.27. The average Bonchev–Trinajstić information content (AvgIpc) is 2.12. The fourth-order valence-corrected chi connectivity index (χ4v) is 1.59. The van der Waals surface area contributed by atoms with Gasteiger partial charge in [-0.25, -0.2) is 0 Å². The first-order valence-electron chi connectivity index (χ1n) is 5.27. The van der Waals surface area contributed by atoms with Crippen LogP contribution >= 0.6 is 0 Å². The average molecular weight is 202 g/mol. The number of nitrogens with one attached hydrogen (secondary N) is 1. The van der Waals surface area contributed by atoms with Crippen LogP contribution in [0.1, 0.15) is 25.0 Å². The largest absolute Gasteiger partial charge is 0.370 e. The lowest BCUT2D eigenvalue weighted by atomic mass is 10.0. The molecular formula is C13H18N2. The third-order valence-corrected chi connectivity index (χ3v) is 2.35. The second-order valence-corrected chi connectivity index (χ2v) is 4.37. The van der Waals surface area contributed by atoms with Crippen LogP contribution in [0, 0.1) is 31.1 Å². The fourth-order valence-electron chi connectivity index (χ4n) is 1.59. The normalized spacial score (nSPS) is 12.3. The van der Waals surface area contributed by atoms with Crippen molar-refractivity contribution in [2.75, 3.05) is 5.32 Å². The van der Waals surface area contributed by atoms with E-state index in [1.54, 1.807) is 0 Å². The van der Waals surface area contributed by atoms with E-state index in [1.165, 1.54) is 11.1 Å². The smallest absolute Gasteiger partial charge is 0.116 e. The van der Waals surface area contributed by atoms with E-state index in [1.807, 2.05) is 13.8 Å². The van der Waals surface area contributed by atoms with Crippen molar-refractivity contribution >= 4 is 5.69 Å². The topological polar surface area (TPSA) is 35.8 Å². The molecule has 1 rings (SSSR count). The van der Waals surface area contributed by atoms with Gasteiger partial charge in [0, 0.05) is 5.69 Å². The van der Waals surface area contributed by atoms with Crippen LogP contribution < -0.4 is 5.32 Å². The zero-order chi connectivity index (χ0) is 11.4. The molecule has 2 nitrogen and oxygen atoms in total. The van der Waals surface area contributed by atoms with E-state index in [-0.39, 0.29) is 6.04 Å². The highest BCUT2D eigenvalue weighted by Crippen LogP contribution is 2.16. The molecule has 0 heterocycles. The van der Waals surface area contributed by atoms with Gasteiger partial charge >= 0.3 is 0 Å². The molecule has 15 heavy (non-hydrogen) atoms. The summed E-state index contributed by atoms with van der Waals surface area (Å²) in [7, 11) is 0. The predicted octanol–water partition coefficient (Wildman–Crippen LogP) is 3.26. The molecule has 1 atom stereocenters. The van der Waals surface area contributed by atoms with E-state index >= 15 is 0 Å². The minimum Gasteiger partial charge on any atom is -0.370 e. The van der Waals surface area contributed by atoms with Gasteiger partial charge in [-0.1, -0.05) is 19.9 Å². The van der Waals surface area contributed by atoms with Crippen LogP contribution in [0.15, 0.2) is 18.2 Å². The summed E-state index contributed by atoms with van der Waals surface area (Å²) in [6, 6.07) is 8.42. The molecule has 0 bridgehead atoms. The second kappa shape index (κ2) is 4.84. The third kappa shape index (κ3) is 3.28. The monoisotopic (exact) mass is 202 g/mol. The van der Waals surface area contributed by atoms with Gasteiger partial charge in [-0.05, 0) is 43.0 Å². The van der Waals surface area contributed by atoms with Crippen molar-refractivity contribution in [2.24, 2.45) is 5.92 Å². The molecule has 0 aliphatic heterocycles. The summed E-state index contributed by atoms with van der Waals surface area (Å²) in [5, 5.41) is 12.2. The number of hydrogen-bond acceptors (Lipinski definition) is 2. The van der Waals surface area contributed by atoms with Gasteiger partial charge in [-0.3, -0.25) is 0 Å². The summed E-state index contributed by atoms with van der Waals surface area (Å²) >= 11 is 0. The van der Waals surface area contributed by atoms with Crippen molar-refractivity contribution < 1.29 is 0 Å². The summed E-state index contributed by atoms with van der Waals surface area (Å²) in [5.74, 6) is 0.316. The Balaban J connectivity index is 2.85. The molecular weight excluding hydrogens is 184 g/mol. The van der Waals surface area contributed by atoms with E-state index in [4.69, 9.17) is 5.26 Å². The number of aryl methyl sites for hydroxylation is 2. The maximum absolute atomic E-state index is 8.98. The van der Waals surface area contributed by atoms with Gasteiger partial charge in [0.2, 0.25) is 0 Å². The molecule has 1 aromatic carbocycles. The predicted molar refractivity (Wildman–Crippen MR) is 63.8 cm³/mol. The highest BCUT2D eigenvalue weighted by molar-refractivity contribution is 5.50. The van der Waals surface area contributed by atoms with Crippen LogP contribution in [-0.2, 0) is 0 Å². The molecule has 1 aromatic rings. The molecule has 0 saturated carbocycles. The Morgan fingerprint density at radius 2 is 1.67 bits per heavy atom. The first kappa shape index (κ1) is 11.6. The number of anilines is 1. The zero-order valence-electron chi connectivity index (χ0n) is 9.83. The van der Waals surface area contributed by atoms with Crippen LogP contribution in [0.5, 0.6) is 0 Å². The van der Waals surface area contributed by atoms with Crippen LogP contribution in [0.3, 0.4) is 0 Å². The van der Waals surface area contributed by atoms with Gasteiger partial charge in [0.05, 0.1) is 6.07 Å². The Morgan fingerprint density at radius 1 is 1.13 bits per heavy atom. The Bertz CT molecular complexity index is 354. The quantitative estimate of drug-likeness (QED) is 0.816. The standard InChI is InChI=1S/C13H18N2/c1-9(2)13(8-14)15-12-6-10(3)5-11(4)7-12/h5-7,9,13,15H,1-4H3. The van der Waals surface area contributed by atoms with E-state index in [2.05, 4.69) is 43.4 Å².